The molecule has 1 aromatic rings. The molecule has 258 valence electrons. The monoisotopic (exact) mass is 639 g/mol. The van der Waals surface area contributed by atoms with Crippen LogP contribution in [0, 0.1) is 26.7 Å². The van der Waals surface area contributed by atoms with E-state index in [1.54, 1.807) is 0 Å². The molecule has 11 heteroatoms. The summed E-state index contributed by atoms with van der Waals surface area (Å²) in [4.78, 5) is 24.0. The van der Waals surface area contributed by atoms with Crippen molar-refractivity contribution in [3.05, 3.63) is 40.1 Å². The van der Waals surface area contributed by atoms with Crippen molar-refractivity contribution >= 4 is 17.8 Å². The number of carbonyl (C=O) groups is 2. The number of carbonyl (C=O) groups excluding carboxylic acids is 1. The van der Waals surface area contributed by atoms with Gasteiger partial charge in [0.25, 0.3) is 0 Å². The highest BCUT2D eigenvalue weighted by molar-refractivity contribution is 6.17. The van der Waals surface area contributed by atoms with E-state index in [0.717, 1.165) is 88.2 Å². The van der Waals surface area contributed by atoms with Gasteiger partial charge < -0.3 is 49.1 Å². The van der Waals surface area contributed by atoms with Crippen molar-refractivity contribution in [1.82, 2.24) is 4.90 Å². The van der Waals surface area contributed by atoms with Gasteiger partial charge in [-0.1, -0.05) is 37.0 Å². The number of allylic oxidation sites excluding steroid dienone is 1. The lowest BCUT2D eigenvalue weighted by atomic mass is 9.83. The van der Waals surface area contributed by atoms with E-state index < -0.39 is 5.97 Å². The van der Waals surface area contributed by atoms with Gasteiger partial charge in [-0.15, -0.1) is 0 Å². The van der Waals surface area contributed by atoms with Crippen molar-refractivity contribution in [3.8, 4) is 0 Å². The number of likely N-dealkylation sites (tertiary alicyclic amines) is 1. The molecule has 2 fully saturated rings. The fraction of sp³-hybridized carbons (Fsp3) is 0.706. The zero-order chi connectivity index (χ0) is 33.5. The van der Waals surface area contributed by atoms with Gasteiger partial charge in [-0.2, -0.15) is 0 Å². The Hall–Kier alpha value is -2.38. The molecule has 3 rings (SSSR count). The number of benzene rings is 1. The molecule has 0 atom stereocenters. The molecule has 1 heterocycles. The molecule has 45 heavy (non-hydrogen) atoms. The van der Waals surface area contributed by atoms with E-state index >= 15 is 0 Å². The van der Waals surface area contributed by atoms with Gasteiger partial charge in [0.1, 0.15) is 24.2 Å². The number of aldehydes is 1. The second kappa shape index (κ2) is 24.8. The first-order chi connectivity index (χ1) is 21.7. The molecule has 1 saturated heterocycles. The highest BCUT2D eigenvalue weighted by atomic mass is 16.6. The van der Waals surface area contributed by atoms with Crippen LogP contribution in [0.3, 0.4) is 0 Å². The standard InChI is InChI=1S/C18H24O3.C15H29NO6.CH4O/c1-11-9-12(2)15(13(3)10-11)16(18(20)21)17(19)14-7-5-4-6-8-14;17-6-8-20-10-12-22-14-13-21-11-9-19-7-5-16-3-1-15(18)2-4-16;1-2/h9-10,14,19H,4-8H2,1-3H3,(H,20,21);6,15,18H,1-5,7-14H2;2H,1H3/b17-16+;;. The summed E-state index contributed by atoms with van der Waals surface area (Å²) in [5.74, 6) is -0.977. The van der Waals surface area contributed by atoms with Gasteiger partial charge in [-0.3, -0.25) is 0 Å². The van der Waals surface area contributed by atoms with Crippen LogP contribution in [0.25, 0.3) is 5.57 Å². The van der Waals surface area contributed by atoms with Gasteiger partial charge in [-0.25, -0.2) is 4.79 Å². The van der Waals surface area contributed by atoms with Crippen LogP contribution < -0.4 is 0 Å². The average Bonchev–Trinajstić information content (AvgIpc) is 3.03. The lowest BCUT2D eigenvalue weighted by Gasteiger charge is -2.29. The highest BCUT2D eigenvalue weighted by Crippen LogP contribution is 2.35. The van der Waals surface area contributed by atoms with Gasteiger partial charge in [0, 0.05) is 32.7 Å². The summed E-state index contributed by atoms with van der Waals surface area (Å²) in [5, 5.41) is 36.6. The number of carboxylic acids is 1. The molecule has 1 saturated carbocycles. The first-order valence-corrected chi connectivity index (χ1v) is 16.1. The van der Waals surface area contributed by atoms with E-state index in [9.17, 15) is 24.9 Å². The van der Waals surface area contributed by atoms with Gasteiger partial charge in [0.2, 0.25) is 0 Å². The third-order valence-electron chi connectivity index (χ3n) is 7.80. The van der Waals surface area contributed by atoms with Crippen LogP contribution in [-0.4, -0.2) is 123 Å². The SMILES string of the molecule is CO.Cc1cc(C)c(/C(C(=O)O)=C(\O)C2CCCCC2)c(C)c1.O=CCOCCOCCOCCOCCN1CCC(O)CC1. The minimum absolute atomic E-state index is 0.00930. The molecule has 0 spiro atoms. The molecule has 0 unspecified atom stereocenters. The van der Waals surface area contributed by atoms with Crippen molar-refractivity contribution in [2.75, 3.05) is 79.6 Å². The molecule has 4 N–H and O–H groups in total. The van der Waals surface area contributed by atoms with E-state index in [2.05, 4.69) is 4.90 Å². The van der Waals surface area contributed by atoms with Crippen LogP contribution in [0.1, 0.15) is 67.2 Å². The fourth-order valence-electron chi connectivity index (χ4n) is 5.63. The third-order valence-corrected chi connectivity index (χ3v) is 7.80. The number of rotatable bonds is 17. The number of hydrogen-bond acceptors (Lipinski definition) is 10. The Labute approximate surface area is 269 Å². The predicted octanol–water partition coefficient (Wildman–Crippen LogP) is 3.86. The van der Waals surface area contributed by atoms with Crippen LogP contribution >= 0.6 is 0 Å². The van der Waals surface area contributed by atoms with Crippen molar-refractivity contribution in [2.45, 2.75) is 71.8 Å². The molecule has 1 aliphatic heterocycles. The minimum Gasteiger partial charge on any atom is -0.511 e. The van der Waals surface area contributed by atoms with E-state index in [0.29, 0.717) is 51.8 Å². The molecular weight excluding hydrogens is 582 g/mol. The van der Waals surface area contributed by atoms with Crippen LogP contribution in [-0.2, 0) is 28.5 Å². The van der Waals surface area contributed by atoms with Gasteiger partial charge in [0.15, 0.2) is 0 Å². The van der Waals surface area contributed by atoms with Crippen LogP contribution in [0.5, 0.6) is 0 Å². The third kappa shape index (κ3) is 16.7. The molecule has 0 bridgehead atoms. The average molecular weight is 640 g/mol. The topological polar surface area (TPSA) is 155 Å². The number of carboxylic acid groups (broad SMARTS) is 1. The Kier molecular flexibility index (Phi) is 22.4. The second-order valence-electron chi connectivity index (χ2n) is 11.3. The molecule has 1 aliphatic carbocycles. The van der Waals surface area contributed by atoms with Gasteiger partial charge >= 0.3 is 5.97 Å². The van der Waals surface area contributed by atoms with E-state index in [-0.39, 0.29) is 30.0 Å². The van der Waals surface area contributed by atoms with Crippen molar-refractivity contribution in [3.63, 3.8) is 0 Å². The number of ether oxygens (including phenoxy) is 4. The lowest BCUT2D eigenvalue weighted by Crippen LogP contribution is -2.37. The predicted molar refractivity (Wildman–Crippen MR) is 174 cm³/mol. The number of aliphatic hydroxyl groups is 3. The number of nitrogens with zero attached hydrogens (tertiary/aromatic N) is 1. The van der Waals surface area contributed by atoms with Crippen LogP contribution in [0.4, 0.5) is 0 Å². The number of piperidine rings is 1. The molecule has 0 radical (unpaired) electrons. The summed E-state index contributed by atoms with van der Waals surface area (Å²) in [5.41, 5.74) is 3.70. The Morgan fingerprint density at radius 1 is 0.800 bits per heavy atom. The van der Waals surface area contributed by atoms with Crippen molar-refractivity contribution in [1.29, 1.82) is 0 Å². The van der Waals surface area contributed by atoms with Gasteiger partial charge in [-0.05, 0) is 63.1 Å². The smallest absolute Gasteiger partial charge is 0.339 e. The van der Waals surface area contributed by atoms with E-state index in [1.165, 1.54) is 6.42 Å². The van der Waals surface area contributed by atoms with Crippen LogP contribution in [0.15, 0.2) is 17.9 Å². The number of hydrogen-bond donors (Lipinski definition) is 4. The summed E-state index contributed by atoms with van der Waals surface area (Å²) in [6.07, 6.45) is 7.39. The number of aryl methyl sites for hydroxylation is 3. The quantitative estimate of drug-likeness (QED) is 0.0850. The van der Waals surface area contributed by atoms with E-state index in [4.69, 9.17) is 24.1 Å². The molecule has 0 aromatic heterocycles. The Morgan fingerprint density at radius 3 is 1.78 bits per heavy atom. The Bertz CT molecular complexity index is 962. The molecule has 0 amide bonds. The summed E-state index contributed by atoms with van der Waals surface area (Å²) in [6.45, 7) is 12.5. The first-order valence-electron chi connectivity index (χ1n) is 16.1. The fourth-order valence-corrected chi connectivity index (χ4v) is 5.63. The minimum atomic E-state index is -1.03. The van der Waals surface area contributed by atoms with Crippen molar-refractivity contribution in [2.24, 2.45) is 5.92 Å². The van der Waals surface area contributed by atoms with Crippen molar-refractivity contribution < 1.29 is 49.0 Å². The zero-order valence-electron chi connectivity index (χ0n) is 27.8. The summed E-state index contributed by atoms with van der Waals surface area (Å²) < 4.78 is 21.1. The van der Waals surface area contributed by atoms with E-state index in [1.807, 2.05) is 32.9 Å². The van der Waals surface area contributed by atoms with Crippen LogP contribution in [0.2, 0.25) is 0 Å². The first kappa shape index (κ1) is 40.6. The van der Waals surface area contributed by atoms with Gasteiger partial charge in [0.05, 0.1) is 52.4 Å². The maximum absolute atomic E-state index is 11.8. The number of aliphatic hydroxyl groups excluding tert-OH is 3. The largest absolute Gasteiger partial charge is 0.511 e. The zero-order valence-corrected chi connectivity index (χ0v) is 27.8. The summed E-state index contributed by atoms with van der Waals surface area (Å²) >= 11 is 0. The highest BCUT2D eigenvalue weighted by Gasteiger charge is 2.27. The maximum Gasteiger partial charge on any atom is 0.339 e. The molecule has 11 nitrogen and oxygen atoms in total. The lowest BCUT2D eigenvalue weighted by molar-refractivity contribution is -0.130. The second-order valence-corrected chi connectivity index (χ2v) is 11.3. The molecule has 1 aromatic carbocycles. The maximum atomic E-state index is 11.8. The summed E-state index contributed by atoms with van der Waals surface area (Å²) in [7, 11) is 1.00. The Balaban J connectivity index is 0.000000427. The summed E-state index contributed by atoms with van der Waals surface area (Å²) in [6, 6.07) is 3.94. The number of aliphatic carboxylic acids is 1. The Morgan fingerprint density at radius 2 is 1.29 bits per heavy atom. The molecule has 2 aliphatic rings. The molecular formula is C34H57NO10. The normalized spacial score (nSPS) is 16.6.